The van der Waals surface area contributed by atoms with E-state index in [4.69, 9.17) is 0 Å². The first kappa shape index (κ1) is 35.2. The van der Waals surface area contributed by atoms with Gasteiger partial charge in [-0.15, -0.1) is 0 Å². The number of nitrogens with one attached hydrogen (secondary N) is 4. The summed E-state index contributed by atoms with van der Waals surface area (Å²) in [7, 11) is 0. The van der Waals surface area contributed by atoms with E-state index in [9.17, 15) is 24.3 Å². The first-order valence-corrected chi connectivity index (χ1v) is 15.0. The molecule has 216 valence electrons. The molecule has 0 spiro atoms. The fraction of sp³-hybridized carbons (Fsp3) is 0.852. The second-order valence-corrected chi connectivity index (χ2v) is 11.8. The minimum Gasteiger partial charge on any atom is -0.391 e. The number of hydrogen-bond acceptors (Lipinski definition) is 6. The number of carbonyl (C=O) groups is 4. The molecular formula is C27H52N4O5S. The van der Waals surface area contributed by atoms with Gasteiger partial charge in [0.25, 0.3) is 0 Å². The molecule has 9 nitrogen and oxygen atoms in total. The Labute approximate surface area is 228 Å². The monoisotopic (exact) mass is 544 g/mol. The lowest BCUT2D eigenvalue weighted by molar-refractivity contribution is -0.132. The van der Waals surface area contributed by atoms with Gasteiger partial charge in [-0.3, -0.25) is 19.2 Å². The molecular weight excluding hydrogens is 492 g/mol. The molecule has 0 aliphatic rings. The summed E-state index contributed by atoms with van der Waals surface area (Å²) in [5.74, 6) is -0.572. The van der Waals surface area contributed by atoms with Crippen molar-refractivity contribution in [1.82, 2.24) is 21.3 Å². The average Bonchev–Trinajstić information content (AvgIpc) is 2.79. The summed E-state index contributed by atoms with van der Waals surface area (Å²) in [6, 6.07) is -2.10. The highest BCUT2D eigenvalue weighted by Crippen LogP contribution is 2.16. The molecule has 5 N–H and O–H groups in total. The third kappa shape index (κ3) is 15.9. The van der Waals surface area contributed by atoms with Crippen molar-refractivity contribution in [3.63, 3.8) is 0 Å². The Morgan fingerprint density at radius 3 is 1.92 bits per heavy atom. The number of thioether (sulfide) groups is 1. The van der Waals surface area contributed by atoms with Gasteiger partial charge in [0.05, 0.1) is 12.1 Å². The molecule has 0 heterocycles. The molecule has 5 atom stereocenters. The molecule has 37 heavy (non-hydrogen) atoms. The zero-order valence-corrected chi connectivity index (χ0v) is 25.0. The summed E-state index contributed by atoms with van der Waals surface area (Å²) >= 11 is 1.56. The highest BCUT2D eigenvalue weighted by Gasteiger charge is 2.31. The zero-order chi connectivity index (χ0) is 28.5. The van der Waals surface area contributed by atoms with Gasteiger partial charge >= 0.3 is 0 Å². The molecule has 4 amide bonds. The SMILES string of the molecule is CCCCNC(=O)[C@H](C)C[C@H](O)[C@H](CC(C)C)NC(=O)[C@H](CCSC)NC(=O)[C@H](CC(C)C)NC(C)=O. The lowest BCUT2D eigenvalue weighted by Gasteiger charge is -2.30. The molecule has 10 heteroatoms. The van der Waals surface area contributed by atoms with Gasteiger partial charge in [-0.05, 0) is 55.9 Å². The lowest BCUT2D eigenvalue weighted by Crippen LogP contribution is -2.56. The van der Waals surface area contributed by atoms with Crippen molar-refractivity contribution in [1.29, 1.82) is 0 Å². The van der Waals surface area contributed by atoms with Crippen LogP contribution < -0.4 is 21.3 Å². The molecule has 0 bridgehead atoms. The molecule has 0 rings (SSSR count). The normalized spacial score (nSPS) is 15.4. The van der Waals surface area contributed by atoms with Crippen LogP contribution in [0.4, 0.5) is 0 Å². The van der Waals surface area contributed by atoms with Crippen LogP contribution in [0.3, 0.4) is 0 Å². The van der Waals surface area contributed by atoms with E-state index in [1.165, 1.54) is 6.92 Å². The highest BCUT2D eigenvalue weighted by atomic mass is 32.2. The number of aliphatic hydroxyl groups is 1. The van der Waals surface area contributed by atoms with Crippen molar-refractivity contribution in [2.45, 2.75) is 111 Å². The van der Waals surface area contributed by atoms with Crippen LogP contribution in [0, 0.1) is 17.8 Å². The van der Waals surface area contributed by atoms with E-state index < -0.39 is 36.1 Å². The summed E-state index contributed by atoms with van der Waals surface area (Å²) in [4.78, 5) is 50.4. The molecule has 0 aromatic heterocycles. The van der Waals surface area contributed by atoms with E-state index in [0.29, 0.717) is 31.6 Å². The maximum Gasteiger partial charge on any atom is 0.243 e. The second-order valence-electron chi connectivity index (χ2n) is 10.8. The largest absolute Gasteiger partial charge is 0.391 e. The van der Waals surface area contributed by atoms with Gasteiger partial charge in [-0.25, -0.2) is 0 Å². The number of aliphatic hydroxyl groups excluding tert-OH is 1. The van der Waals surface area contributed by atoms with Crippen LogP contribution in [-0.4, -0.2) is 71.5 Å². The minimum atomic E-state index is -0.914. The molecule has 0 saturated heterocycles. The maximum absolute atomic E-state index is 13.3. The van der Waals surface area contributed by atoms with E-state index in [2.05, 4.69) is 28.2 Å². The topological polar surface area (TPSA) is 137 Å². The highest BCUT2D eigenvalue weighted by molar-refractivity contribution is 7.98. The Kier molecular flexibility index (Phi) is 18.3. The quantitative estimate of drug-likeness (QED) is 0.159. The van der Waals surface area contributed by atoms with Gasteiger partial charge in [0.2, 0.25) is 23.6 Å². The summed E-state index contributed by atoms with van der Waals surface area (Å²) < 4.78 is 0. The Bertz CT molecular complexity index is 704. The summed E-state index contributed by atoms with van der Waals surface area (Å²) in [5.41, 5.74) is 0. The van der Waals surface area contributed by atoms with Gasteiger partial charge in [0.15, 0.2) is 0 Å². The lowest BCUT2D eigenvalue weighted by atomic mass is 9.92. The van der Waals surface area contributed by atoms with Crippen molar-refractivity contribution in [2.24, 2.45) is 17.8 Å². The van der Waals surface area contributed by atoms with Crippen LogP contribution in [-0.2, 0) is 19.2 Å². The van der Waals surface area contributed by atoms with Gasteiger partial charge in [-0.1, -0.05) is 48.0 Å². The molecule has 0 aliphatic carbocycles. The van der Waals surface area contributed by atoms with E-state index in [1.54, 1.807) is 18.7 Å². The molecule has 0 aliphatic heterocycles. The van der Waals surface area contributed by atoms with Crippen molar-refractivity contribution in [3.05, 3.63) is 0 Å². The Morgan fingerprint density at radius 2 is 1.41 bits per heavy atom. The first-order valence-electron chi connectivity index (χ1n) is 13.6. The fourth-order valence-electron chi connectivity index (χ4n) is 4.02. The summed E-state index contributed by atoms with van der Waals surface area (Å²) in [6.07, 6.45) is 4.51. The van der Waals surface area contributed by atoms with E-state index in [1.807, 2.05) is 34.0 Å². The van der Waals surface area contributed by atoms with E-state index in [-0.39, 0.29) is 36.0 Å². The molecule has 0 fully saturated rings. The van der Waals surface area contributed by atoms with Crippen LogP contribution in [0.2, 0.25) is 0 Å². The minimum absolute atomic E-state index is 0.110. The standard InChI is InChI=1S/C27H52N4O5S/c1-9-10-12-28-25(34)19(6)16-24(33)22(14-17(2)3)31-26(35)21(11-13-37-8)30-27(36)23(15-18(4)5)29-20(7)32/h17-19,21-24,33H,9-16H2,1-8H3,(H,28,34)(H,29,32)(H,30,36)(H,31,35)/t19-,21+,22+,23+,24+/m1/s1. The van der Waals surface area contributed by atoms with Crippen molar-refractivity contribution < 1.29 is 24.3 Å². The summed E-state index contributed by atoms with van der Waals surface area (Å²) in [5, 5.41) is 22.3. The van der Waals surface area contributed by atoms with Crippen LogP contribution in [0.5, 0.6) is 0 Å². The van der Waals surface area contributed by atoms with Gasteiger partial charge in [0, 0.05) is 19.4 Å². The molecule has 0 unspecified atom stereocenters. The van der Waals surface area contributed by atoms with Crippen molar-refractivity contribution in [2.75, 3.05) is 18.6 Å². The van der Waals surface area contributed by atoms with Gasteiger partial charge in [0.1, 0.15) is 12.1 Å². The fourth-order valence-corrected chi connectivity index (χ4v) is 4.50. The molecule has 0 radical (unpaired) electrons. The number of rotatable bonds is 19. The van der Waals surface area contributed by atoms with Crippen LogP contribution in [0.15, 0.2) is 0 Å². The maximum atomic E-state index is 13.3. The molecule has 0 saturated carbocycles. The smallest absolute Gasteiger partial charge is 0.243 e. The number of amides is 4. The predicted molar refractivity (Wildman–Crippen MR) is 151 cm³/mol. The van der Waals surface area contributed by atoms with Crippen molar-refractivity contribution >= 4 is 35.4 Å². The zero-order valence-electron chi connectivity index (χ0n) is 24.2. The third-order valence-corrected chi connectivity index (χ3v) is 6.68. The number of carbonyl (C=O) groups excluding carboxylic acids is 4. The van der Waals surface area contributed by atoms with Crippen LogP contribution >= 0.6 is 11.8 Å². The third-order valence-electron chi connectivity index (χ3n) is 6.03. The van der Waals surface area contributed by atoms with Crippen LogP contribution in [0.1, 0.15) is 87.0 Å². The number of hydrogen-bond donors (Lipinski definition) is 5. The first-order chi connectivity index (χ1) is 17.3. The second kappa shape index (κ2) is 19.3. The summed E-state index contributed by atoms with van der Waals surface area (Å²) in [6.45, 7) is 13.7. The van der Waals surface area contributed by atoms with E-state index in [0.717, 1.165) is 12.8 Å². The predicted octanol–water partition coefficient (Wildman–Crippen LogP) is 2.61. The van der Waals surface area contributed by atoms with Crippen LogP contribution in [0.25, 0.3) is 0 Å². The molecule has 0 aromatic rings. The van der Waals surface area contributed by atoms with Gasteiger partial charge < -0.3 is 26.4 Å². The molecule has 0 aromatic carbocycles. The Morgan fingerprint density at radius 1 is 0.811 bits per heavy atom. The van der Waals surface area contributed by atoms with Gasteiger partial charge in [-0.2, -0.15) is 11.8 Å². The Balaban J connectivity index is 5.48. The Hall–Kier alpha value is -1.81. The number of unbranched alkanes of at least 4 members (excludes halogenated alkanes) is 1. The van der Waals surface area contributed by atoms with Crippen molar-refractivity contribution in [3.8, 4) is 0 Å². The van der Waals surface area contributed by atoms with E-state index >= 15 is 0 Å². The average molecular weight is 545 g/mol.